The topological polar surface area (TPSA) is 53.2 Å². The highest BCUT2D eigenvalue weighted by Crippen LogP contribution is 2.20. The molecule has 2 aromatic rings. The Morgan fingerprint density at radius 2 is 1.90 bits per heavy atom. The van der Waals surface area contributed by atoms with Gasteiger partial charge in [0.1, 0.15) is 0 Å². The highest BCUT2D eigenvalue weighted by molar-refractivity contribution is 7.80. The number of rotatable bonds is 3. The largest absolute Gasteiger partial charge is 0.355 e. The Bertz CT molecular complexity index is 630. The van der Waals surface area contributed by atoms with E-state index >= 15 is 0 Å². The number of halogens is 1. The fourth-order valence-corrected chi connectivity index (χ4v) is 2.84. The van der Waals surface area contributed by atoms with Gasteiger partial charge in [-0.05, 0) is 36.8 Å². The molecule has 1 unspecified atom stereocenters. The molecule has 0 aliphatic heterocycles. The first kappa shape index (κ1) is 15.8. The van der Waals surface area contributed by atoms with Crippen molar-refractivity contribution < 1.29 is 4.79 Å². The van der Waals surface area contributed by atoms with Crippen molar-refractivity contribution in [3.63, 3.8) is 0 Å². The molecular formula is C14H14ClN3OS2. The van der Waals surface area contributed by atoms with Gasteiger partial charge in [0.15, 0.2) is 5.11 Å². The molecule has 21 heavy (non-hydrogen) atoms. The smallest absolute Gasteiger partial charge is 0.279 e. The van der Waals surface area contributed by atoms with Crippen molar-refractivity contribution >= 4 is 46.2 Å². The Morgan fingerprint density at radius 3 is 2.52 bits per heavy atom. The number of hydrogen-bond acceptors (Lipinski definition) is 3. The Kier molecular flexibility index (Phi) is 5.55. The van der Waals surface area contributed by atoms with Crippen LogP contribution >= 0.6 is 35.2 Å². The molecule has 0 fully saturated rings. The van der Waals surface area contributed by atoms with Crippen molar-refractivity contribution in [3.8, 4) is 0 Å². The highest BCUT2D eigenvalue weighted by Gasteiger charge is 2.10. The van der Waals surface area contributed by atoms with Gasteiger partial charge in [-0.15, -0.1) is 11.3 Å². The van der Waals surface area contributed by atoms with Crippen LogP contribution < -0.4 is 16.2 Å². The molecule has 0 spiro atoms. The van der Waals surface area contributed by atoms with Crippen LogP contribution in [0.4, 0.5) is 0 Å². The maximum atomic E-state index is 11.8. The highest BCUT2D eigenvalue weighted by atomic mass is 35.5. The average molecular weight is 340 g/mol. The summed E-state index contributed by atoms with van der Waals surface area (Å²) in [5, 5.41) is 3.44. The molecule has 2 rings (SSSR count). The van der Waals surface area contributed by atoms with Gasteiger partial charge in [0.25, 0.3) is 5.91 Å². The first-order chi connectivity index (χ1) is 10.1. The molecule has 1 atom stereocenters. The Morgan fingerprint density at radius 1 is 1.19 bits per heavy atom. The number of benzene rings is 1. The number of carbonyl (C=O) groups is 1. The predicted octanol–water partition coefficient (Wildman–Crippen LogP) is 3.27. The zero-order chi connectivity index (χ0) is 15.2. The van der Waals surface area contributed by atoms with Crippen LogP contribution in [-0.4, -0.2) is 11.0 Å². The third kappa shape index (κ3) is 4.70. The van der Waals surface area contributed by atoms with Crippen LogP contribution in [0.1, 0.15) is 28.2 Å². The van der Waals surface area contributed by atoms with E-state index in [0.717, 1.165) is 5.56 Å². The minimum absolute atomic E-state index is 0.0410. The maximum Gasteiger partial charge on any atom is 0.279 e. The second-order valence-corrected chi connectivity index (χ2v) is 6.41. The number of nitrogens with one attached hydrogen (secondary N) is 3. The summed E-state index contributed by atoms with van der Waals surface area (Å²) in [5.74, 6) is -0.275. The van der Waals surface area contributed by atoms with Gasteiger partial charge in [-0.1, -0.05) is 41.9 Å². The van der Waals surface area contributed by atoms with E-state index in [0.29, 0.717) is 14.3 Å². The van der Waals surface area contributed by atoms with Crippen LogP contribution in [0.5, 0.6) is 0 Å². The van der Waals surface area contributed by atoms with Gasteiger partial charge in [0.2, 0.25) is 0 Å². The van der Waals surface area contributed by atoms with E-state index in [9.17, 15) is 4.79 Å². The van der Waals surface area contributed by atoms with E-state index in [1.54, 1.807) is 12.1 Å². The molecule has 1 amide bonds. The van der Waals surface area contributed by atoms with E-state index in [1.165, 1.54) is 11.3 Å². The molecule has 0 aliphatic carbocycles. The molecule has 0 saturated carbocycles. The van der Waals surface area contributed by atoms with Crippen LogP contribution in [0.15, 0.2) is 42.5 Å². The molecule has 0 radical (unpaired) electrons. The molecule has 0 bridgehead atoms. The fraction of sp³-hybridized carbons (Fsp3) is 0.143. The molecule has 110 valence electrons. The van der Waals surface area contributed by atoms with Gasteiger partial charge in [-0.2, -0.15) is 0 Å². The minimum atomic E-state index is -0.275. The van der Waals surface area contributed by atoms with Gasteiger partial charge in [-0.3, -0.25) is 15.6 Å². The summed E-state index contributed by atoms with van der Waals surface area (Å²) >= 11 is 12.1. The quantitative estimate of drug-likeness (QED) is 0.593. The lowest BCUT2D eigenvalue weighted by molar-refractivity contribution is 0.0947. The molecule has 1 aromatic heterocycles. The lowest BCUT2D eigenvalue weighted by atomic mass is 10.1. The van der Waals surface area contributed by atoms with Crippen LogP contribution in [0.25, 0.3) is 0 Å². The first-order valence-electron chi connectivity index (χ1n) is 6.23. The third-order valence-corrected chi connectivity index (χ3v) is 4.18. The third-order valence-electron chi connectivity index (χ3n) is 2.73. The van der Waals surface area contributed by atoms with Crippen molar-refractivity contribution in [3.05, 3.63) is 57.2 Å². The van der Waals surface area contributed by atoms with Gasteiger partial charge in [0, 0.05) is 0 Å². The van der Waals surface area contributed by atoms with E-state index in [4.69, 9.17) is 23.8 Å². The molecule has 0 aliphatic rings. The first-order valence-corrected chi connectivity index (χ1v) is 7.83. The molecule has 1 aromatic carbocycles. The van der Waals surface area contributed by atoms with E-state index in [-0.39, 0.29) is 11.9 Å². The molecule has 0 saturated heterocycles. The Balaban J connectivity index is 1.81. The van der Waals surface area contributed by atoms with Crippen LogP contribution in [-0.2, 0) is 0 Å². The molecule has 1 heterocycles. The summed E-state index contributed by atoms with van der Waals surface area (Å²) in [6.07, 6.45) is 0. The summed E-state index contributed by atoms with van der Waals surface area (Å²) in [7, 11) is 0. The molecule has 7 heteroatoms. The number of carbonyl (C=O) groups excluding carboxylic acids is 1. The predicted molar refractivity (Wildman–Crippen MR) is 90.5 cm³/mol. The lowest BCUT2D eigenvalue weighted by Crippen LogP contribution is -2.47. The van der Waals surface area contributed by atoms with Crippen LogP contribution in [0, 0.1) is 0 Å². The van der Waals surface area contributed by atoms with Gasteiger partial charge in [0.05, 0.1) is 15.3 Å². The molecule has 4 nitrogen and oxygen atoms in total. The lowest BCUT2D eigenvalue weighted by Gasteiger charge is -2.17. The van der Waals surface area contributed by atoms with Crippen molar-refractivity contribution in [2.45, 2.75) is 13.0 Å². The van der Waals surface area contributed by atoms with Crippen LogP contribution in [0.3, 0.4) is 0 Å². The Labute approximate surface area is 137 Å². The van der Waals surface area contributed by atoms with E-state index in [2.05, 4.69) is 16.2 Å². The average Bonchev–Trinajstić information content (AvgIpc) is 2.92. The zero-order valence-corrected chi connectivity index (χ0v) is 13.6. The number of hydrazine groups is 1. The second-order valence-electron chi connectivity index (χ2n) is 4.29. The summed E-state index contributed by atoms with van der Waals surface area (Å²) in [6.45, 7) is 1.99. The molecule has 3 N–H and O–H groups in total. The summed E-state index contributed by atoms with van der Waals surface area (Å²) in [5.41, 5.74) is 6.31. The van der Waals surface area contributed by atoms with Crippen molar-refractivity contribution in [1.29, 1.82) is 0 Å². The van der Waals surface area contributed by atoms with E-state index in [1.807, 2.05) is 37.3 Å². The number of thiophene rings is 1. The number of amides is 1. The monoisotopic (exact) mass is 339 g/mol. The summed E-state index contributed by atoms with van der Waals surface area (Å²) < 4.78 is 0.568. The summed E-state index contributed by atoms with van der Waals surface area (Å²) in [6, 6.07) is 13.3. The maximum absolute atomic E-state index is 11.8. The minimum Gasteiger partial charge on any atom is -0.355 e. The number of thiocarbonyl (C=S) groups is 1. The van der Waals surface area contributed by atoms with Crippen molar-refractivity contribution in [2.75, 3.05) is 0 Å². The SMILES string of the molecule is CC(NC(=S)NNC(=O)c1ccc(Cl)s1)c1ccccc1. The zero-order valence-electron chi connectivity index (χ0n) is 11.2. The van der Waals surface area contributed by atoms with Gasteiger partial charge in [-0.25, -0.2) is 0 Å². The standard InChI is InChI=1S/C14H14ClN3OS2/c1-9(10-5-3-2-4-6-10)16-14(20)18-17-13(19)11-7-8-12(15)21-11/h2-9H,1H3,(H,17,19)(H2,16,18,20). The van der Waals surface area contributed by atoms with Crippen LogP contribution in [0.2, 0.25) is 4.34 Å². The van der Waals surface area contributed by atoms with Gasteiger partial charge < -0.3 is 5.32 Å². The second kappa shape index (κ2) is 7.40. The van der Waals surface area contributed by atoms with Crippen molar-refractivity contribution in [1.82, 2.24) is 16.2 Å². The summed E-state index contributed by atoms with van der Waals surface area (Å²) in [4.78, 5) is 12.3. The molecular weight excluding hydrogens is 326 g/mol. The normalized spacial score (nSPS) is 11.5. The van der Waals surface area contributed by atoms with Crippen molar-refractivity contribution in [2.24, 2.45) is 0 Å². The fourth-order valence-electron chi connectivity index (χ4n) is 1.67. The van der Waals surface area contributed by atoms with E-state index < -0.39 is 0 Å². The Hall–Kier alpha value is -1.63. The van der Waals surface area contributed by atoms with Gasteiger partial charge >= 0.3 is 0 Å². The number of hydrogen-bond donors (Lipinski definition) is 3.